The molecular weight excluding hydrogens is 409 g/mol. The van der Waals surface area contributed by atoms with Crippen molar-refractivity contribution in [1.82, 2.24) is 15.1 Å². The molecule has 4 rings (SSSR count). The van der Waals surface area contributed by atoms with E-state index in [1.54, 1.807) is 4.90 Å². The number of halogens is 1. The van der Waals surface area contributed by atoms with Crippen LogP contribution in [0, 0.1) is 5.82 Å². The number of fused-ring (bicyclic) bond motifs is 1. The summed E-state index contributed by atoms with van der Waals surface area (Å²) in [7, 11) is 0. The lowest BCUT2D eigenvalue weighted by molar-refractivity contribution is -0.136. The van der Waals surface area contributed by atoms with E-state index in [0.717, 1.165) is 11.0 Å². The van der Waals surface area contributed by atoms with Gasteiger partial charge in [-0.05, 0) is 24.1 Å². The molecule has 31 heavy (non-hydrogen) atoms. The van der Waals surface area contributed by atoms with Crippen molar-refractivity contribution in [2.45, 2.75) is 18.9 Å². The van der Waals surface area contributed by atoms with Crippen molar-refractivity contribution in [3.63, 3.8) is 0 Å². The first-order valence-corrected chi connectivity index (χ1v) is 9.94. The van der Waals surface area contributed by atoms with Crippen molar-refractivity contribution in [2.75, 3.05) is 44.2 Å². The van der Waals surface area contributed by atoms with Crippen LogP contribution in [0.2, 0.25) is 0 Å². The number of rotatable bonds is 5. The number of hydrogen-bond donors (Lipinski definition) is 1. The fourth-order valence-electron chi connectivity index (χ4n) is 4.16. The van der Waals surface area contributed by atoms with Gasteiger partial charge in [0.1, 0.15) is 11.9 Å². The molecule has 0 aliphatic carbocycles. The highest BCUT2D eigenvalue weighted by molar-refractivity contribution is 6.23. The Morgan fingerprint density at radius 3 is 2.42 bits per heavy atom. The number of imide groups is 2. The van der Waals surface area contributed by atoms with Crippen molar-refractivity contribution in [3.05, 3.63) is 39.5 Å². The third-order valence-electron chi connectivity index (χ3n) is 5.80. The van der Waals surface area contributed by atoms with Gasteiger partial charge in [-0.1, -0.05) is 5.11 Å². The van der Waals surface area contributed by atoms with Crippen LogP contribution in [0.25, 0.3) is 10.4 Å². The number of nitrogens with one attached hydrogen (secondary N) is 1. The van der Waals surface area contributed by atoms with Gasteiger partial charge in [-0.25, -0.2) is 4.39 Å². The molecule has 162 valence electrons. The maximum Gasteiger partial charge on any atom is 0.262 e. The summed E-state index contributed by atoms with van der Waals surface area (Å²) in [6, 6.07) is 1.33. The first-order valence-electron chi connectivity index (χ1n) is 9.94. The Kier molecular flexibility index (Phi) is 5.57. The molecule has 3 heterocycles. The van der Waals surface area contributed by atoms with Crippen LogP contribution in [-0.2, 0) is 9.59 Å². The summed E-state index contributed by atoms with van der Waals surface area (Å²) in [4.78, 5) is 56.7. The van der Waals surface area contributed by atoms with Crippen molar-refractivity contribution in [1.29, 1.82) is 0 Å². The van der Waals surface area contributed by atoms with E-state index in [2.05, 4.69) is 20.2 Å². The quantitative estimate of drug-likeness (QED) is 0.316. The average Bonchev–Trinajstić information content (AvgIpc) is 2.98. The van der Waals surface area contributed by atoms with E-state index in [4.69, 9.17) is 5.53 Å². The Labute approximate surface area is 176 Å². The molecule has 0 bridgehead atoms. The number of azide groups is 1. The molecule has 1 unspecified atom stereocenters. The van der Waals surface area contributed by atoms with E-state index < -0.39 is 35.5 Å². The second-order valence-electron chi connectivity index (χ2n) is 7.58. The van der Waals surface area contributed by atoms with Gasteiger partial charge in [0.15, 0.2) is 0 Å². The number of anilines is 1. The third kappa shape index (κ3) is 3.82. The Balaban J connectivity index is 1.52. The lowest BCUT2D eigenvalue weighted by Crippen LogP contribution is -2.54. The molecule has 1 aromatic rings. The minimum Gasteiger partial charge on any atom is -0.367 e. The van der Waals surface area contributed by atoms with Gasteiger partial charge in [0, 0.05) is 50.6 Å². The Hall–Kier alpha value is -3.50. The number of hydrogen-bond acceptors (Lipinski definition) is 7. The van der Waals surface area contributed by atoms with Gasteiger partial charge < -0.3 is 4.90 Å². The molecule has 2 fully saturated rings. The number of carbonyl (C=O) groups is 4. The van der Waals surface area contributed by atoms with Gasteiger partial charge in [0.25, 0.3) is 11.8 Å². The second kappa shape index (κ2) is 8.32. The summed E-state index contributed by atoms with van der Waals surface area (Å²) in [5, 5.41) is 5.64. The molecule has 0 spiro atoms. The van der Waals surface area contributed by atoms with E-state index in [1.807, 2.05) is 0 Å². The van der Waals surface area contributed by atoms with Gasteiger partial charge in [-0.3, -0.25) is 34.3 Å². The normalized spacial score (nSPS) is 21.8. The summed E-state index contributed by atoms with van der Waals surface area (Å²) in [6.45, 7) is 3.24. The van der Waals surface area contributed by atoms with Crippen molar-refractivity contribution >= 4 is 29.3 Å². The van der Waals surface area contributed by atoms with Crippen LogP contribution in [0.1, 0.15) is 33.6 Å². The molecule has 3 aliphatic heterocycles. The molecule has 1 aromatic carbocycles. The van der Waals surface area contributed by atoms with Gasteiger partial charge in [0.2, 0.25) is 11.8 Å². The number of carbonyl (C=O) groups excluding carboxylic acids is 4. The highest BCUT2D eigenvalue weighted by atomic mass is 19.1. The van der Waals surface area contributed by atoms with Gasteiger partial charge >= 0.3 is 0 Å². The van der Waals surface area contributed by atoms with Crippen LogP contribution in [0.15, 0.2) is 17.2 Å². The summed E-state index contributed by atoms with van der Waals surface area (Å²) >= 11 is 0. The monoisotopic (exact) mass is 429 g/mol. The lowest BCUT2D eigenvalue weighted by Gasteiger charge is -2.36. The number of benzene rings is 1. The first-order chi connectivity index (χ1) is 14.9. The van der Waals surface area contributed by atoms with Gasteiger partial charge in [-0.2, -0.15) is 0 Å². The topological polar surface area (TPSA) is 139 Å². The number of nitrogens with zero attached hydrogens (tertiary/aromatic N) is 6. The molecule has 12 heteroatoms. The highest BCUT2D eigenvalue weighted by Crippen LogP contribution is 2.33. The average molecular weight is 429 g/mol. The summed E-state index contributed by atoms with van der Waals surface area (Å²) in [5.74, 6) is -3.17. The minimum absolute atomic E-state index is 0.0212. The van der Waals surface area contributed by atoms with Crippen LogP contribution in [-0.4, -0.2) is 78.7 Å². The Morgan fingerprint density at radius 1 is 1.10 bits per heavy atom. The van der Waals surface area contributed by atoms with Crippen LogP contribution in [0.5, 0.6) is 0 Å². The Morgan fingerprint density at radius 2 is 1.77 bits per heavy atom. The van der Waals surface area contributed by atoms with Crippen LogP contribution < -0.4 is 10.2 Å². The largest absolute Gasteiger partial charge is 0.367 e. The predicted octanol–water partition coefficient (Wildman–Crippen LogP) is 0.659. The highest BCUT2D eigenvalue weighted by Gasteiger charge is 2.45. The summed E-state index contributed by atoms with van der Waals surface area (Å²) in [5.41, 5.74) is 8.55. The van der Waals surface area contributed by atoms with Crippen LogP contribution in [0.4, 0.5) is 10.1 Å². The Bertz CT molecular complexity index is 1010. The molecule has 3 aliphatic rings. The van der Waals surface area contributed by atoms with Crippen molar-refractivity contribution in [3.8, 4) is 0 Å². The molecule has 1 atom stereocenters. The molecular formula is C19H20FN7O4. The molecule has 2 saturated heterocycles. The molecule has 0 saturated carbocycles. The van der Waals surface area contributed by atoms with E-state index in [-0.39, 0.29) is 29.7 Å². The fraction of sp³-hybridized carbons (Fsp3) is 0.474. The summed E-state index contributed by atoms with van der Waals surface area (Å²) < 4.78 is 14.9. The van der Waals surface area contributed by atoms with Crippen LogP contribution in [0.3, 0.4) is 0 Å². The molecule has 1 N–H and O–H groups in total. The fourth-order valence-corrected chi connectivity index (χ4v) is 4.16. The number of piperazine rings is 1. The zero-order valence-electron chi connectivity index (χ0n) is 16.6. The van der Waals surface area contributed by atoms with Gasteiger partial charge in [-0.15, -0.1) is 0 Å². The maximum absolute atomic E-state index is 14.9. The summed E-state index contributed by atoms with van der Waals surface area (Å²) in [6.07, 6.45) is 0.0661. The predicted molar refractivity (Wildman–Crippen MR) is 106 cm³/mol. The smallest absolute Gasteiger partial charge is 0.262 e. The number of amides is 4. The standard InChI is InChI=1S/C19H20FN7O4/c20-13-9-11-12(10-15(13)26-7-5-25(6-8-26)4-3-22-24-21)19(31)27(18(11)30)14-1-2-16(28)23-17(14)29/h9-10,14H,1-8H2,(H,23,28,29). The lowest BCUT2D eigenvalue weighted by atomic mass is 10.0. The van der Waals surface area contributed by atoms with Crippen molar-refractivity contribution < 1.29 is 23.6 Å². The molecule has 4 amide bonds. The van der Waals surface area contributed by atoms with E-state index >= 15 is 0 Å². The van der Waals surface area contributed by atoms with Gasteiger partial charge in [0.05, 0.1) is 16.8 Å². The van der Waals surface area contributed by atoms with Crippen molar-refractivity contribution in [2.24, 2.45) is 5.11 Å². The molecule has 0 aromatic heterocycles. The third-order valence-corrected chi connectivity index (χ3v) is 5.80. The molecule has 11 nitrogen and oxygen atoms in total. The maximum atomic E-state index is 14.9. The van der Waals surface area contributed by atoms with E-state index in [9.17, 15) is 23.6 Å². The van der Waals surface area contributed by atoms with E-state index in [0.29, 0.717) is 39.3 Å². The molecule has 0 radical (unpaired) electrons. The zero-order valence-corrected chi connectivity index (χ0v) is 16.6. The first kappa shape index (κ1) is 20.8. The SMILES string of the molecule is [N-]=[N+]=NCCN1CCN(c2cc3c(cc2F)C(=O)N(C2CCC(=O)NC2=O)C3=O)CC1. The van der Waals surface area contributed by atoms with E-state index in [1.165, 1.54) is 6.07 Å². The van der Waals surface area contributed by atoms with Crippen LogP contribution >= 0.6 is 0 Å². The number of piperidine rings is 1. The minimum atomic E-state index is -1.09. The second-order valence-corrected chi connectivity index (χ2v) is 7.58. The zero-order chi connectivity index (χ0) is 22.1.